The van der Waals surface area contributed by atoms with Gasteiger partial charge in [0.2, 0.25) is 5.41 Å². The maximum absolute atomic E-state index is 14.1. The summed E-state index contributed by atoms with van der Waals surface area (Å²) in [7, 11) is 0. The van der Waals surface area contributed by atoms with E-state index in [1.54, 1.807) is 56.3 Å². The zero-order chi connectivity index (χ0) is 25.3. The average Bonchev–Trinajstić information content (AvgIpc) is 3.08. The molecule has 1 spiro atoms. The predicted molar refractivity (Wildman–Crippen MR) is 130 cm³/mol. The Morgan fingerprint density at radius 2 is 1.54 bits per heavy atom. The number of nitrogens with zero attached hydrogens (tertiary/aromatic N) is 2. The molecule has 3 aliphatic heterocycles. The molecular weight excluding hydrogens is 468 g/mol. The summed E-state index contributed by atoms with van der Waals surface area (Å²) >= 11 is 6.67. The Hall–Kier alpha value is -3.19. The van der Waals surface area contributed by atoms with Crippen molar-refractivity contribution in [3.63, 3.8) is 0 Å². The van der Waals surface area contributed by atoms with Crippen LogP contribution >= 0.6 is 11.6 Å². The minimum absolute atomic E-state index is 0.175. The van der Waals surface area contributed by atoms with Gasteiger partial charge in [0.05, 0.1) is 6.21 Å². The van der Waals surface area contributed by atoms with Gasteiger partial charge in [-0.3, -0.25) is 19.4 Å². The van der Waals surface area contributed by atoms with E-state index in [4.69, 9.17) is 21.1 Å². The van der Waals surface area contributed by atoms with Crippen LogP contribution < -0.4 is 0 Å². The number of rotatable bonds is 2. The van der Waals surface area contributed by atoms with Crippen LogP contribution in [0.1, 0.15) is 63.3 Å². The number of ether oxygens (including phenoxy) is 2. The highest BCUT2D eigenvalue weighted by Crippen LogP contribution is 2.63. The molecule has 2 fully saturated rings. The van der Waals surface area contributed by atoms with E-state index in [1.807, 2.05) is 24.3 Å². The third-order valence-electron chi connectivity index (χ3n) is 7.01. The first-order valence-electron chi connectivity index (χ1n) is 11.6. The van der Waals surface area contributed by atoms with Gasteiger partial charge in [0.15, 0.2) is 5.78 Å². The molecule has 2 saturated heterocycles. The van der Waals surface area contributed by atoms with E-state index < -0.39 is 46.6 Å². The van der Waals surface area contributed by atoms with E-state index in [0.717, 1.165) is 5.56 Å². The molecule has 182 valence electrons. The Labute approximate surface area is 209 Å². The summed E-state index contributed by atoms with van der Waals surface area (Å²) in [5.74, 6) is -4.12. The number of cyclic esters (lactones) is 2. The van der Waals surface area contributed by atoms with Crippen molar-refractivity contribution in [2.24, 2.45) is 15.9 Å². The Bertz CT molecular complexity index is 1260. The molecule has 0 aliphatic carbocycles. The normalized spacial score (nSPS) is 26.1. The fourth-order valence-electron chi connectivity index (χ4n) is 5.53. The van der Waals surface area contributed by atoms with Crippen molar-refractivity contribution < 1.29 is 23.9 Å². The fourth-order valence-corrected chi connectivity index (χ4v) is 5.78. The standard InChI is InChI=1S/C27H27ClN2O5/c1-25(2,3)22(31)20-19(17-12-8-9-13-18(17)28)27(23(32)34-26(4,5)35-24(27)33)21-16-11-7-6-10-15(16)14-29-30(20)21/h6-14,19-21H,1-5H3/t19-,20+,21+/m1/s1. The van der Waals surface area contributed by atoms with E-state index in [9.17, 15) is 14.4 Å². The molecule has 2 aromatic carbocycles. The zero-order valence-corrected chi connectivity index (χ0v) is 21.0. The summed E-state index contributed by atoms with van der Waals surface area (Å²) < 4.78 is 11.5. The maximum atomic E-state index is 14.1. The molecule has 7 nitrogen and oxygen atoms in total. The third kappa shape index (κ3) is 3.32. The highest BCUT2D eigenvalue weighted by Gasteiger charge is 2.75. The maximum Gasteiger partial charge on any atom is 0.330 e. The molecule has 0 amide bonds. The van der Waals surface area contributed by atoms with Crippen LogP contribution in [0.4, 0.5) is 0 Å². The molecule has 3 heterocycles. The Morgan fingerprint density at radius 3 is 2.14 bits per heavy atom. The zero-order valence-electron chi connectivity index (χ0n) is 20.2. The number of esters is 2. The van der Waals surface area contributed by atoms with E-state index in [2.05, 4.69) is 5.10 Å². The van der Waals surface area contributed by atoms with Gasteiger partial charge in [0, 0.05) is 30.2 Å². The number of hydrazone groups is 1. The molecule has 2 aromatic rings. The molecule has 0 bridgehead atoms. The molecular formula is C27H27ClN2O5. The predicted octanol–water partition coefficient (Wildman–Crippen LogP) is 4.63. The highest BCUT2D eigenvalue weighted by molar-refractivity contribution is 6.31. The lowest BCUT2D eigenvalue weighted by Gasteiger charge is -2.44. The molecule has 35 heavy (non-hydrogen) atoms. The lowest BCUT2D eigenvalue weighted by Crippen LogP contribution is -2.58. The summed E-state index contributed by atoms with van der Waals surface area (Å²) in [5.41, 5.74) is -0.765. The molecule has 0 N–H and O–H groups in total. The van der Waals surface area contributed by atoms with Crippen molar-refractivity contribution in [1.82, 2.24) is 5.01 Å². The highest BCUT2D eigenvalue weighted by atomic mass is 35.5. The topological polar surface area (TPSA) is 85.3 Å². The van der Waals surface area contributed by atoms with Crippen LogP contribution in [0, 0.1) is 10.8 Å². The molecule has 8 heteroatoms. The van der Waals surface area contributed by atoms with Crippen LogP contribution in [0.25, 0.3) is 0 Å². The van der Waals surface area contributed by atoms with E-state index in [-0.39, 0.29) is 5.78 Å². The number of carbonyl (C=O) groups is 3. The SMILES string of the molecule is CC1(C)OC(=O)C2(C(=O)O1)[C@H](c1ccccc1Cl)[C@@H](C(=O)C(C)(C)C)N1N=Cc3ccccc3[C@H]12. The number of Topliss-reactive ketones (excluding diaryl/α,β-unsaturated/α-hetero) is 1. The van der Waals surface area contributed by atoms with Gasteiger partial charge in [0.25, 0.3) is 5.79 Å². The summed E-state index contributed by atoms with van der Waals surface area (Å²) in [6, 6.07) is 12.4. The van der Waals surface area contributed by atoms with E-state index in [1.165, 1.54) is 13.8 Å². The van der Waals surface area contributed by atoms with Gasteiger partial charge in [-0.2, -0.15) is 5.10 Å². The van der Waals surface area contributed by atoms with E-state index in [0.29, 0.717) is 16.1 Å². The van der Waals surface area contributed by atoms with E-state index >= 15 is 0 Å². The van der Waals surface area contributed by atoms with Crippen molar-refractivity contribution in [3.05, 3.63) is 70.2 Å². The monoisotopic (exact) mass is 494 g/mol. The molecule has 5 rings (SSSR count). The summed E-state index contributed by atoms with van der Waals surface area (Å²) in [4.78, 5) is 42.2. The lowest BCUT2D eigenvalue weighted by atomic mass is 9.64. The second-order valence-electron chi connectivity index (χ2n) is 10.8. The third-order valence-corrected chi connectivity index (χ3v) is 7.35. The van der Waals surface area contributed by atoms with Gasteiger partial charge >= 0.3 is 11.9 Å². The van der Waals surface area contributed by atoms with Crippen LogP contribution in [0.3, 0.4) is 0 Å². The van der Waals surface area contributed by atoms with Gasteiger partial charge in [-0.25, -0.2) is 0 Å². The van der Waals surface area contributed by atoms with Gasteiger partial charge < -0.3 is 9.47 Å². The van der Waals surface area contributed by atoms with Gasteiger partial charge in [-0.05, 0) is 22.8 Å². The average molecular weight is 495 g/mol. The van der Waals surface area contributed by atoms with Crippen LogP contribution in [0.2, 0.25) is 5.02 Å². The minimum Gasteiger partial charge on any atom is -0.422 e. The van der Waals surface area contributed by atoms with Crippen LogP contribution in [0.5, 0.6) is 0 Å². The largest absolute Gasteiger partial charge is 0.422 e. The Kier molecular flexibility index (Phi) is 5.15. The number of hydrogen-bond acceptors (Lipinski definition) is 7. The number of fused-ring (bicyclic) bond motifs is 4. The molecule has 3 atom stereocenters. The smallest absolute Gasteiger partial charge is 0.330 e. The summed E-state index contributed by atoms with van der Waals surface area (Å²) in [5, 5.41) is 6.56. The Balaban J connectivity index is 1.87. The van der Waals surface area contributed by atoms with Crippen LogP contribution in [-0.4, -0.2) is 40.8 Å². The number of halogens is 1. The van der Waals surface area contributed by atoms with Crippen molar-refractivity contribution in [2.75, 3.05) is 0 Å². The second-order valence-corrected chi connectivity index (χ2v) is 11.2. The van der Waals surface area contributed by atoms with Crippen LogP contribution in [0.15, 0.2) is 53.6 Å². The van der Waals surface area contributed by atoms with Gasteiger partial charge in [-0.1, -0.05) is 74.8 Å². The van der Waals surface area contributed by atoms with Crippen molar-refractivity contribution >= 4 is 35.5 Å². The summed E-state index contributed by atoms with van der Waals surface area (Å²) in [6.07, 6.45) is 1.65. The van der Waals surface area contributed by atoms with Crippen molar-refractivity contribution in [3.8, 4) is 0 Å². The first-order valence-corrected chi connectivity index (χ1v) is 11.9. The second kappa shape index (κ2) is 7.65. The molecule has 0 aromatic heterocycles. The first-order chi connectivity index (χ1) is 16.4. The van der Waals surface area contributed by atoms with Crippen molar-refractivity contribution in [2.45, 2.75) is 58.4 Å². The summed E-state index contributed by atoms with van der Waals surface area (Å²) in [6.45, 7) is 8.44. The first kappa shape index (κ1) is 23.5. The Morgan fingerprint density at radius 1 is 0.971 bits per heavy atom. The quantitative estimate of drug-likeness (QED) is 0.447. The number of ketones is 1. The number of benzene rings is 2. The number of carbonyl (C=O) groups excluding carboxylic acids is 3. The fraction of sp³-hybridized carbons (Fsp3) is 0.407. The molecule has 0 saturated carbocycles. The molecule has 3 aliphatic rings. The lowest BCUT2D eigenvalue weighted by molar-refractivity contribution is -0.254. The van der Waals surface area contributed by atoms with Crippen molar-refractivity contribution in [1.29, 1.82) is 0 Å². The minimum atomic E-state index is -1.90. The molecule has 0 radical (unpaired) electrons. The van der Waals surface area contributed by atoms with Gasteiger partial charge in [0.1, 0.15) is 12.1 Å². The van der Waals surface area contributed by atoms with Crippen LogP contribution in [-0.2, 0) is 23.9 Å². The van der Waals surface area contributed by atoms with Gasteiger partial charge in [-0.15, -0.1) is 0 Å². The number of hydrogen-bond donors (Lipinski definition) is 0. The molecule has 0 unspecified atom stereocenters.